The van der Waals surface area contributed by atoms with Crippen molar-refractivity contribution < 1.29 is 9.47 Å². The third kappa shape index (κ3) is 3.39. The van der Waals surface area contributed by atoms with Crippen LogP contribution >= 0.6 is 0 Å². The first kappa shape index (κ1) is 13.7. The highest BCUT2D eigenvalue weighted by atomic mass is 16.5. The smallest absolute Gasteiger partial charge is 0.145 e. The molecule has 0 heterocycles. The Morgan fingerprint density at radius 3 is 2.15 bits per heavy atom. The molecular weight excluding hydrogens is 250 g/mol. The number of hydrogen-bond acceptors (Lipinski definition) is 3. The lowest BCUT2D eigenvalue weighted by atomic mass is 10.1. The molecule has 0 bridgehead atoms. The van der Waals surface area contributed by atoms with Crippen molar-refractivity contribution in [1.29, 1.82) is 5.26 Å². The van der Waals surface area contributed by atoms with E-state index in [2.05, 4.69) is 0 Å². The van der Waals surface area contributed by atoms with Gasteiger partial charge >= 0.3 is 0 Å². The second-order valence-corrected chi connectivity index (χ2v) is 4.28. The summed E-state index contributed by atoms with van der Waals surface area (Å²) in [6.45, 7) is 2.01. The highest BCUT2D eigenvalue weighted by Gasteiger charge is 2.05. The molecule has 0 fully saturated rings. The van der Waals surface area contributed by atoms with E-state index in [1.54, 1.807) is 7.11 Å². The van der Waals surface area contributed by atoms with Crippen LogP contribution < -0.4 is 9.47 Å². The topological polar surface area (TPSA) is 42.2 Å². The summed E-state index contributed by atoms with van der Waals surface area (Å²) in [5.41, 5.74) is 1.99. The molecule has 0 unspecified atom stereocenters. The van der Waals surface area contributed by atoms with E-state index in [1.807, 2.05) is 61.5 Å². The van der Waals surface area contributed by atoms with Crippen LogP contribution in [0.25, 0.3) is 5.76 Å². The maximum absolute atomic E-state index is 8.89. The van der Waals surface area contributed by atoms with Crippen LogP contribution in [0.4, 0.5) is 0 Å². The molecule has 0 saturated carbocycles. The van der Waals surface area contributed by atoms with Gasteiger partial charge in [0.25, 0.3) is 0 Å². The highest BCUT2D eigenvalue weighted by molar-refractivity contribution is 5.64. The number of hydrogen-bond donors (Lipinski definition) is 0. The van der Waals surface area contributed by atoms with Crippen molar-refractivity contribution in [2.45, 2.75) is 6.92 Å². The lowest BCUT2D eigenvalue weighted by Gasteiger charge is -2.10. The summed E-state index contributed by atoms with van der Waals surface area (Å²) in [4.78, 5) is 0. The standard InChI is InChI=1S/C17H15NO2/c1-13-3-7-16(8-4-13)20-17(11-12-18)14-5-9-15(19-2)10-6-14/h3-11H,1-2H3/b17-11-. The summed E-state index contributed by atoms with van der Waals surface area (Å²) in [5.74, 6) is 1.98. The maximum atomic E-state index is 8.89. The van der Waals surface area contributed by atoms with Crippen LogP contribution in [0.3, 0.4) is 0 Å². The predicted molar refractivity (Wildman–Crippen MR) is 78.4 cm³/mol. The monoisotopic (exact) mass is 265 g/mol. The molecule has 100 valence electrons. The van der Waals surface area contributed by atoms with Gasteiger partial charge in [0.2, 0.25) is 0 Å². The Morgan fingerprint density at radius 1 is 1.00 bits per heavy atom. The quantitative estimate of drug-likeness (QED) is 0.621. The second-order valence-electron chi connectivity index (χ2n) is 4.28. The van der Waals surface area contributed by atoms with Crippen molar-refractivity contribution in [3.63, 3.8) is 0 Å². The minimum Gasteiger partial charge on any atom is -0.497 e. The van der Waals surface area contributed by atoms with Crippen molar-refractivity contribution in [3.05, 3.63) is 65.7 Å². The van der Waals surface area contributed by atoms with E-state index in [-0.39, 0.29) is 0 Å². The van der Waals surface area contributed by atoms with E-state index < -0.39 is 0 Å². The van der Waals surface area contributed by atoms with Gasteiger partial charge in [0.1, 0.15) is 17.3 Å². The molecule has 2 aromatic rings. The van der Waals surface area contributed by atoms with Gasteiger partial charge in [-0.25, -0.2) is 0 Å². The second kappa shape index (κ2) is 6.44. The van der Waals surface area contributed by atoms with E-state index >= 15 is 0 Å². The molecule has 2 rings (SSSR count). The lowest BCUT2D eigenvalue weighted by molar-refractivity contribution is 0.414. The zero-order chi connectivity index (χ0) is 14.4. The van der Waals surface area contributed by atoms with Crippen LogP contribution in [-0.4, -0.2) is 7.11 Å². The van der Waals surface area contributed by atoms with Crippen molar-refractivity contribution in [1.82, 2.24) is 0 Å². The average molecular weight is 265 g/mol. The fourth-order valence-electron chi connectivity index (χ4n) is 1.72. The molecule has 3 nitrogen and oxygen atoms in total. The number of methoxy groups -OCH3 is 1. The van der Waals surface area contributed by atoms with Gasteiger partial charge in [-0.05, 0) is 43.3 Å². The van der Waals surface area contributed by atoms with Gasteiger partial charge in [0, 0.05) is 5.56 Å². The number of nitriles is 1. The fraction of sp³-hybridized carbons (Fsp3) is 0.118. The Bertz CT molecular complexity index is 634. The molecule has 3 heteroatoms. The highest BCUT2D eigenvalue weighted by Crippen LogP contribution is 2.23. The SMILES string of the molecule is COc1ccc(/C(=C/C#N)Oc2ccc(C)cc2)cc1. The summed E-state index contributed by atoms with van der Waals surface area (Å²) < 4.78 is 10.9. The summed E-state index contributed by atoms with van der Waals surface area (Å²) in [7, 11) is 1.61. The zero-order valence-electron chi connectivity index (χ0n) is 11.5. The molecule has 0 aliphatic carbocycles. The molecule has 0 aliphatic heterocycles. The third-order valence-electron chi connectivity index (χ3n) is 2.82. The van der Waals surface area contributed by atoms with Crippen molar-refractivity contribution in [2.75, 3.05) is 7.11 Å². The average Bonchev–Trinajstić information content (AvgIpc) is 2.49. The van der Waals surface area contributed by atoms with E-state index in [0.717, 1.165) is 16.9 Å². The Morgan fingerprint density at radius 2 is 1.60 bits per heavy atom. The number of rotatable bonds is 4. The van der Waals surface area contributed by atoms with Crippen molar-refractivity contribution >= 4 is 5.76 Å². The number of nitrogens with zero attached hydrogens (tertiary/aromatic N) is 1. The molecule has 2 aromatic carbocycles. The van der Waals surface area contributed by atoms with Gasteiger partial charge in [0.05, 0.1) is 19.3 Å². The Kier molecular flexibility index (Phi) is 4.41. The Hall–Kier alpha value is -2.73. The van der Waals surface area contributed by atoms with Crippen LogP contribution in [0, 0.1) is 18.3 Å². The lowest BCUT2D eigenvalue weighted by Crippen LogP contribution is -1.95. The molecule has 0 aromatic heterocycles. The van der Waals surface area contributed by atoms with Crippen molar-refractivity contribution in [3.8, 4) is 17.6 Å². The van der Waals surface area contributed by atoms with Crippen LogP contribution in [-0.2, 0) is 0 Å². The van der Waals surface area contributed by atoms with Gasteiger partial charge < -0.3 is 9.47 Å². The van der Waals surface area contributed by atoms with E-state index in [1.165, 1.54) is 6.08 Å². The van der Waals surface area contributed by atoms with Crippen LogP contribution in [0.15, 0.2) is 54.6 Å². The molecule has 0 spiro atoms. The van der Waals surface area contributed by atoms with Gasteiger partial charge in [-0.1, -0.05) is 17.7 Å². The first-order valence-electron chi connectivity index (χ1n) is 6.21. The van der Waals surface area contributed by atoms with Crippen LogP contribution in [0.1, 0.15) is 11.1 Å². The number of ether oxygens (including phenoxy) is 2. The summed E-state index contributed by atoms with van der Waals surface area (Å²) in [6, 6.07) is 17.1. The number of aryl methyl sites for hydroxylation is 1. The van der Waals surface area contributed by atoms with Gasteiger partial charge in [-0.3, -0.25) is 0 Å². The molecule has 0 radical (unpaired) electrons. The minimum absolute atomic E-state index is 0.513. The van der Waals surface area contributed by atoms with E-state index in [0.29, 0.717) is 11.5 Å². The van der Waals surface area contributed by atoms with E-state index in [9.17, 15) is 0 Å². The Balaban J connectivity index is 2.25. The van der Waals surface area contributed by atoms with Crippen molar-refractivity contribution in [2.24, 2.45) is 0 Å². The normalized spacial score (nSPS) is 10.8. The molecule has 0 atom stereocenters. The minimum atomic E-state index is 0.513. The molecule has 20 heavy (non-hydrogen) atoms. The summed E-state index contributed by atoms with van der Waals surface area (Å²) >= 11 is 0. The third-order valence-corrected chi connectivity index (χ3v) is 2.82. The number of benzene rings is 2. The van der Waals surface area contributed by atoms with Gasteiger partial charge in [-0.2, -0.15) is 5.26 Å². The van der Waals surface area contributed by atoms with Crippen LogP contribution in [0.5, 0.6) is 11.5 Å². The largest absolute Gasteiger partial charge is 0.497 e. The molecule has 0 amide bonds. The zero-order valence-corrected chi connectivity index (χ0v) is 11.5. The van der Waals surface area contributed by atoms with Gasteiger partial charge in [0.15, 0.2) is 0 Å². The predicted octanol–water partition coefficient (Wildman–Crippen LogP) is 3.95. The molecule has 0 N–H and O–H groups in total. The Labute approximate surface area is 118 Å². The summed E-state index contributed by atoms with van der Waals surface area (Å²) in [6.07, 6.45) is 1.39. The summed E-state index contributed by atoms with van der Waals surface area (Å²) in [5, 5.41) is 8.89. The molecular formula is C17H15NO2. The van der Waals surface area contributed by atoms with E-state index in [4.69, 9.17) is 14.7 Å². The van der Waals surface area contributed by atoms with Gasteiger partial charge in [-0.15, -0.1) is 0 Å². The molecule has 0 aliphatic rings. The fourth-order valence-corrected chi connectivity index (χ4v) is 1.72. The molecule has 0 saturated heterocycles. The first-order chi connectivity index (χ1) is 9.72. The number of allylic oxidation sites excluding steroid dienone is 1. The first-order valence-corrected chi connectivity index (χ1v) is 6.21. The van der Waals surface area contributed by atoms with Crippen LogP contribution in [0.2, 0.25) is 0 Å². The maximum Gasteiger partial charge on any atom is 0.145 e.